The molecule has 2 aromatic rings. The number of carbonyl (C=O) groups is 1. The minimum absolute atomic E-state index is 0.0532. The molecule has 0 unspecified atom stereocenters. The molecular formula is C21H26N2O3. The van der Waals surface area contributed by atoms with E-state index >= 15 is 0 Å². The van der Waals surface area contributed by atoms with Crippen molar-refractivity contribution in [2.45, 2.75) is 20.4 Å². The molecule has 2 aromatic carbocycles. The van der Waals surface area contributed by atoms with Crippen LogP contribution >= 0.6 is 0 Å². The van der Waals surface area contributed by atoms with E-state index in [1.54, 1.807) is 18.2 Å². The number of phenolic OH excluding ortho intramolecular Hbond substituents is 1. The van der Waals surface area contributed by atoms with Crippen LogP contribution < -0.4 is 4.74 Å². The fourth-order valence-electron chi connectivity index (χ4n) is 3.22. The number of piperazine rings is 1. The van der Waals surface area contributed by atoms with Gasteiger partial charge in [0.2, 0.25) is 0 Å². The lowest BCUT2D eigenvalue weighted by molar-refractivity contribution is 0.0625. The molecule has 1 aliphatic heterocycles. The standard InChI is InChI=1S/C21H26N2O3/c1-3-26-18-7-5-17(6-8-18)15-22-10-12-23(13-11-22)21(25)19-14-16(2)4-9-20(19)24/h4-9,14,24H,3,10-13,15H2,1-2H3. The molecule has 0 bridgehead atoms. The second kappa shape index (κ2) is 8.23. The Morgan fingerprint density at radius 3 is 2.42 bits per heavy atom. The summed E-state index contributed by atoms with van der Waals surface area (Å²) in [5.74, 6) is 0.856. The Bertz CT molecular complexity index is 750. The van der Waals surface area contributed by atoms with E-state index in [0.29, 0.717) is 25.3 Å². The summed E-state index contributed by atoms with van der Waals surface area (Å²) in [6, 6.07) is 13.3. The van der Waals surface area contributed by atoms with E-state index in [1.165, 1.54) is 5.56 Å². The van der Waals surface area contributed by atoms with Gasteiger partial charge in [0.05, 0.1) is 12.2 Å². The van der Waals surface area contributed by atoms with Crippen LogP contribution in [-0.4, -0.2) is 53.6 Å². The molecule has 1 saturated heterocycles. The molecule has 0 spiro atoms. The zero-order valence-corrected chi connectivity index (χ0v) is 15.4. The van der Waals surface area contributed by atoms with Crippen molar-refractivity contribution in [3.8, 4) is 11.5 Å². The predicted octanol–water partition coefficient (Wildman–Crippen LogP) is 3.06. The van der Waals surface area contributed by atoms with Crippen molar-refractivity contribution in [1.29, 1.82) is 0 Å². The van der Waals surface area contributed by atoms with Crippen molar-refractivity contribution in [2.75, 3.05) is 32.8 Å². The SMILES string of the molecule is CCOc1ccc(CN2CCN(C(=O)c3cc(C)ccc3O)CC2)cc1. The first kappa shape index (κ1) is 18.3. The van der Waals surface area contributed by atoms with E-state index in [9.17, 15) is 9.90 Å². The van der Waals surface area contributed by atoms with Crippen molar-refractivity contribution in [3.63, 3.8) is 0 Å². The highest BCUT2D eigenvalue weighted by Crippen LogP contribution is 2.21. The van der Waals surface area contributed by atoms with Gasteiger partial charge in [-0.05, 0) is 43.7 Å². The monoisotopic (exact) mass is 354 g/mol. The largest absolute Gasteiger partial charge is 0.507 e. The second-order valence-electron chi connectivity index (χ2n) is 6.67. The summed E-state index contributed by atoms with van der Waals surface area (Å²) in [6.07, 6.45) is 0. The lowest BCUT2D eigenvalue weighted by Gasteiger charge is -2.35. The molecule has 3 rings (SSSR count). The molecule has 0 radical (unpaired) electrons. The van der Waals surface area contributed by atoms with Crippen LogP contribution in [0.4, 0.5) is 0 Å². The second-order valence-corrected chi connectivity index (χ2v) is 6.67. The van der Waals surface area contributed by atoms with Crippen LogP contribution in [0.5, 0.6) is 11.5 Å². The first-order valence-corrected chi connectivity index (χ1v) is 9.10. The Balaban J connectivity index is 1.55. The number of hydrogen-bond donors (Lipinski definition) is 1. The van der Waals surface area contributed by atoms with Gasteiger partial charge in [0.25, 0.3) is 5.91 Å². The minimum Gasteiger partial charge on any atom is -0.507 e. The maximum absolute atomic E-state index is 12.7. The van der Waals surface area contributed by atoms with Gasteiger partial charge in [0.15, 0.2) is 0 Å². The number of hydrogen-bond acceptors (Lipinski definition) is 4. The summed E-state index contributed by atoms with van der Waals surface area (Å²) in [5.41, 5.74) is 2.61. The topological polar surface area (TPSA) is 53.0 Å². The first-order chi connectivity index (χ1) is 12.6. The van der Waals surface area contributed by atoms with E-state index in [2.05, 4.69) is 17.0 Å². The average molecular weight is 354 g/mol. The molecule has 0 aromatic heterocycles. The van der Waals surface area contributed by atoms with Crippen molar-refractivity contribution in [1.82, 2.24) is 9.80 Å². The third-order valence-electron chi connectivity index (χ3n) is 4.68. The normalized spacial score (nSPS) is 15.1. The lowest BCUT2D eigenvalue weighted by Crippen LogP contribution is -2.48. The smallest absolute Gasteiger partial charge is 0.257 e. The van der Waals surface area contributed by atoms with Gasteiger partial charge < -0.3 is 14.7 Å². The molecule has 0 atom stereocenters. The summed E-state index contributed by atoms with van der Waals surface area (Å²) in [7, 11) is 0. The molecule has 0 saturated carbocycles. The van der Waals surface area contributed by atoms with Crippen molar-refractivity contribution >= 4 is 5.91 Å². The van der Waals surface area contributed by atoms with Gasteiger partial charge in [-0.3, -0.25) is 9.69 Å². The molecule has 1 amide bonds. The minimum atomic E-state index is -0.0908. The van der Waals surface area contributed by atoms with Gasteiger partial charge in [-0.2, -0.15) is 0 Å². The van der Waals surface area contributed by atoms with Gasteiger partial charge in [-0.25, -0.2) is 0 Å². The van der Waals surface area contributed by atoms with Crippen LogP contribution in [0.25, 0.3) is 0 Å². The molecule has 1 N–H and O–H groups in total. The Kier molecular flexibility index (Phi) is 5.78. The molecular weight excluding hydrogens is 328 g/mol. The summed E-state index contributed by atoms with van der Waals surface area (Å²) >= 11 is 0. The number of phenols is 1. The van der Waals surface area contributed by atoms with Gasteiger partial charge in [-0.1, -0.05) is 23.8 Å². The summed E-state index contributed by atoms with van der Waals surface area (Å²) in [5, 5.41) is 9.98. The number of nitrogens with zero attached hydrogens (tertiary/aromatic N) is 2. The summed E-state index contributed by atoms with van der Waals surface area (Å²) in [4.78, 5) is 16.8. The van der Waals surface area contributed by atoms with Crippen molar-refractivity contribution in [2.24, 2.45) is 0 Å². The Morgan fingerprint density at radius 1 is 1.08 bits per heavy atom. The highest BCUT2D eigenvalue weighted by molar-refractivity contribution is 5.97. The number of benzene rings is 2. The van der Waals surface area contributed by atoms with Crippen LogP contribution in [0.1, 0.15) is 28.4 Å². The van der Waals surface area contributed by atoms with Crippen LogP contribution in [-0.2, 0) is 6.54 Å². The number of aryl methyl sites for hydroxylation is 1. The zero-order valence-electron chi connectivity index (χ0n) is 15.4. The van der Waals surface area contributed by atoms with Crippen molar-refractivity contribution in [3.05, 3.63) is 59.2 Å². The van der Waals surface area contributed by atoms with E-state index in [-0.39, 0.29) is 11.7 Å². The van der Waals surface area contributed by atoms with Crippen LogP contribution in [0.2, 0.25) is 0 Å². The molecule has 5 nitrogen and oxygen atoms in total. The Morgan fingerprint density at radius 2 is 1.77 bits per heavy atom. The molecule has 5 heteroatoms. The molecule has 0 aliphatic carbocycles. The average Bonchev–Trinajstić information content (AvgIpc) is 2.66. The highest BCUT2D eigenvalue weighted by Gasteiger charge is 2.24. The van der Waals surface area contributed by atoms with E-state index in [1.807, 2.05) is 30.9 Å². The Hall–Kier alpha value is -2.53. The zero-order chi connectivity index (χ0) is 18.5. The van der Waals surface area contributed by atoms with Gasteiger partial charge in [-0.15, -0.1) is 0 Å². The third kappa shape index (κ3) is 4.35. The molecule has 1 aliphatic rings. The van der Waals surface area contributed by atoms with Gasteiger partial charge >= 0.3 is 0 Å². The quantitative estimate of drug-likeness (QED) is 0.897. The van der Waals surface area contributed by atoms with Crippen molar-refractivity contribution < 1.29 is 14.6 Å². The first-order valence-electron chi connectivity index (χ1n) is 9.10. The number of carbonyl (C=O) groups excluding carboxylic acids is 1. The number of amides is 1. The predicted molar refractivity (Wildman–Crippen MR) is 102 cm³/mol. The maximum atomic E-state index is 12.7. The van der Waals surface area contributed by atoms with Crippen LogP contribution in [0, 0.1) is 6.92 Å². The van der Waals surface area contributed by atoms with Crippen LogP contribution in [0.3, 0.4) is 0 Å². The number of rotatable bonds is 5. The molecule has 26 heavy (non-hydrogen) atoms. The molecule has 1 fully saturated rings. The lowest BCUT2D eigenvalue weighted by atomic mass is 10.1. The highest BCUT2D eigenvalue weighted by atomic mass is 16.5. The maximum Gasteiger partial charge on any atom is 0.257 e. The summed E-state index contributed by atoms with van der Waals surface area (Å²) < 4.78 is 5.47. The summed E-state index contributed by atoms with van der Waals surface area (Å²) in [6.45, 7) is 8.43. The fraction of sp³-hybridized carbons (Fsp3) is 0.381. The molecule has 1 heterocycles. The van der Waals surface area contributed by atoms with Gasteiger partial charge in [0.1, 0.15) is 11.5 Å². The Labute approximate surface area is 154 Å². The number of ether oxygens (including phenoxy) is 1. The van der Waals surface area contributed by atoms with E-state index in [0.717, 1.165) is 30.9 Å². The third-order valence-corrected chi connectivity index (χ3v) is 4.68. The molecule has 138 valence electrons. The van der Waals surface area contributed by atoms with Crippen LogP contribution in [0.15, 0.2) is 42.5 Å². The fourth-order valence-corrected chi connectivity index (χ4v) is 3.22. The number of aromatic hydroxyl groups is 1. The van der Waals surface area contributed by atoms with Gasteiger partial charge in [0, 0.05) is 32.7 Å². The van der Waals surface area contributed by atoms with E-state index < -0.39 is 0 Å². The van der Waals surface area contributed by atoms with E-state index in [4.69, 9.17) is 4.74 Å².